The first-order valence-electron chi connectivity index (χ1n) is 10.4. The van der Waals surface area contributed by atoms with Crippen LogP contribution < -0.4 is 4.74 Å². The molecule has 7 heteroatoms. The highest BCUT2D eigenvalue weighted by Crippen LogP contribution is 2.38. The van der Waals surface area contributed by atoms with Gasteiger partial charge in [-0.1, -0.05) is 0 Å². The number of likely N-dealkylation sites (tertiary alicyclic amines) is 1. The SMILES string of the molecule is COc1ccc(-c2[nH]ncc2C(=O)N2C[C@@H]3C[C@@H](C2)[C@H]2CCCC(=O)N2C3)cc1. The minimum atomic E-state index is 0.0230. The maximum Gasteiger partial charge on any atom is 0.257 e. The molecule has 5 rings (SSSR count). The van der Waals surface area contributed by atoms with Crippen molar-refractivity contribution >= 4 is 11.8 Å². The number of fused-ring (bicyclic) bond motifs is 4. The number of H-pyrrole nitrogens is 1. The van der Waals surface area contributed by atoms with Gasteiger partial charge in [0.1, 0.15) is 5.75 Å². The fourth-order valence-corrected chi connectivity index (χ4v) is 5.37. The van der Waals surface area contributed by atoms with Gasteiger partial charge in [-0.2, -0.15) is 5.10 Å². The molecule has 0 aliphatic carbocycles. The number of methoxy groups -OCH3 is 1. The van der Waals surface area contributed by atoms with E-state index in [4.69, 9.17) is 4.74 Å². The van der Waals surface area contributed by atoms with E-state index in [1.165, 1.54) is 0 Å². The van der Waals surface area contributed by atoms with Crippen LogP contribution in [0.3, 0.4) is 0 Å². The van der Waals surface area contributed by atoms with Crippen molar-refractivity contribution < 1.29 is 14.3 Å². The number of carbonyl (C=O) groups excluding carboxylic acids is 2. The normalized spacial score (nSPS) is 26.2. The third-order valence-corrected chi connectivity index (χ3v) is 6.72. The van der Waals surface area contributed by atoms with E-state index in [0.29, 0.717) is 42.3 Å². The zero-order valence-corrected chi connectivity index (χ0v) is 16.6. The summed E-state index contributed by atoms with van der Waals surface area (Å²) < 4.78 is 5.22. The number of aromatic nitrogens is 2. The summed E-state index contributed by atoms with van der Waals surface area (Å²) in [4.78, 5) is 29.8. The van der Waals surface area contributed by atoms with Crippen molar-refractivity contribution in [3.05, 3.63) is 36.0 Å². The molecule has 2 aromatic rings. The average molecular weight is 394 g/mol. The Labute approximate surface area is 170 Å². The lowest BCUT2D eigenvalue weighted by Crippen LogP contribution is -2.61. The van der Waals surface area contributed by atoms with E-state index < -0.39 is 0 Å². The van der Waals surface area contributed by atoms with Crippen molar-refractivity contribution in [2.24, 2.45) is 11.8 Å². The number of nitrogens with one attached hydrogen (secondary N) is 1. The highest BCUT2D eigenvalue weighted by molar-refractivity contribution is 5.99. The van der Waals surface area contributed by atoms with E-state index in [9.17, 15) is 9.59 Å². The Hall–Kier alpha value is -2.83. The highest BCUT2D eigenvalue weighted by Gasteiger charge is 2.45. The average Bonchev–Trinajstić information content (AvgIpc) is 3.24. The molecule has 0 unspecified atom stereocenters. The number of carbonyl (C=O) groups is 2. The van der Waals surface area contributed by atoms with E-state index in [2.05, 4.69) is 15.1 Å². The van der Waals surface area contributed by atoms with Gasteiger partial charge in [0.25, 0.3) is 5.91 Å². The van der Waals surface area contributed by atoms with Gasteiger partial charge in [0.05, 0.1) is 24.6 Å². The summed E-state index contributed by atoms with van der Waals surface area (Å²) in [6.45, 7) is 2.22. The summed E-state index contributed by atoms with van der Waals surface area (Å²) in [5, 5.41) is 7.14. The molecule has 1 aromatic heterocycles. The number of piperidine rings is 3. The molecule has 152 valence electrons. The minimum absolute atomic E-state index is 0.0230. The van der Waals surface area contributed by atoms with Crippen molar-refractivity contribution in [2.45, 2.75) is 31.7 Å². The molecule has 2 amide bonds. The van der Waals surface area contributed by atoms with Crippen molar-refractivity contribution in [1.82, 2.24) is 20.0 Å². The first-order chi connectivity index (χ1) is 14.1. The minimum Gasteiger partial charge on any atom is -0.497 e. The van der Waals surface area contributed by atoms with Crippen molar-refractivity contribution in [3.63, 3.8) is 0 Å². The number of amides is 2. The molecule has 3 saturated heterocycles. The largest absolute Gasteiger partial charge is 0.497 e. The quantitative estimate of drug-likeness (QED) is 0.868. The molecule has 3 fully saturated rings. The zero-order valence-electron chi connectivity index (χ0n) is 16.6. The fraction of sp³-hybridized carbons (Fsp3) is 0.500. The zero-order chi connectivity index (χ0) is 20.0. The van der Waals surface area contributed by atoms with Crippen LogP contribution in [-0.4, -0.2) is 64.6 Å². The first kappa shape index (κ1) is 18.2. The van der Waals surface area contributed by atoms with Crippen molar-refractivity contribution in [1.29, 1.82) is 0 Å². The van der Waals surface area contributed by atoms with Crippen LogP contribution in [0.4, 0.5) is 0 Å². The lowest BCUT2D eigenvalue weighted by atomic mass is 9.76. The van der Waals surface area contributed by atoms with Crippen LogP contribution >= 0.6 is 0 Å². The first-order valence-corrected chi connectivity index (χ1v) is 10.4. The van der Waals surface area contributed by atoms with Crippen LogP contribution in [0.5, 0.6) is 5.75 Å². The Bertz CT molecular complexity index is 922. The van der Waals surface area contributed by atoms with Gasteiger partial charge in [0, 0.05) is 37.7 Å². The number of hydrogen-bond acceptors (Lipinski definition) is 4. The van der Waals surface area contributed by atoms with Gasteiger partial charge in [0.15, 0.2) is 0 Å². The van der Waals surface area contributed by atoms with Crippen molar-refractivity contribution in [3.8, 4) is 17.0 Å². The molecular weight excluding hydrogens is 368 g/mol. The molecule has 0 spiro atoms. The summed E-state index contributed by atoms with van der Waals surface area (Å²) in [6.07, 6.45) is 5.46. The second-order valence-electron chi connectivity index (χ2n) is 8.46. The summed E-state index contributed by atoms with van der Waals surface area (Å²) in [5.41, 5.74) is 2.25. The molecule has 1 N–H and O–H groups in total. The molecule has 7 nitrogen and oxygen atoms in total. The van der Waals surface area contributed by atoms with E-state index in [1.807, 2.05) is 29.2 Å². The van der Waals surface area contributed by atoms with Crippen LogP contribution in [0.15, 0.2) is 30.5 Å². The summed E-state index contributed by atoms with van der Waals surface area (Å²) >= 11 is 0. The number of aromatic amines is 1. The Morgan fingerprint density at radius 1 is 1.21 bits per heavy atom. The van der Waals surface area contributed by atoms with Crippen LogP contribution in [-0.2, 0) is 4.79 Å². The van der Waals surface area contributed by atoms with Crippen LogP contribution in [0.25, 0.3) is 11.3 Å². The number of benzene rings is 1. The lowest BCUT2D eigenvalue weighted by molar-refractivity contribution is -0.144. The van der Waals surface area contributed by atoms with Crippen LogP contribution in [0.2, 0.25) is 0 Å². The number of hydrogen-bond donors (Lipinski definition) is 1. The molecule has 4 heterocycles. The second-order valence-corrected chi connectivity index (χ2v) is 8.46. The van der Waals surface area contributed by atoms with E-state index in [0.717, 1.165) is 49.4 Å². The number of nitrogens with zero attached hydrogens (tertiary/aromatic N) is 3. The molecule has 0 saturated carbocycles. The van der Waals surface area contributed by atoms with Gasteiger partial charge < -0.3 is 14.5 Å². The second kappa shape index (κ2) is 7.21. The molecule has 0 radical (unpaired) electrons. The van der Waals surface area contributed by atoms with Gasteiger partial charge in [0.2, 0.25) is 5.91 Å². The topological polar surface area (TPSA) is 78.5 Å². The smallest absolute Gasteiger partial charge is 0.257 e. The molecule has 3 aliphatic heterocycles. The van der Waals surface area contributed by atoms with Gasteiger partial charge in [-0.25, -0.2) is 0 Å². The third-order valence-electron chi connectivity index (χ3n) is 6.72. The third kappa shape index (κ3) is 3.18. The Balaban J connectivity index is 1.37. The monoisotopic (exact) mass is 394 g/mol. The number of ether oxygens (including phenoxy) is 1. The maximum atomic E-state index is 13.4. The summed E-state index contributed by atoms with van der Waals surface area (Å²) in [5.74, 6) is 1.85. The van der Waals surface area contributed by atoms with E-state index >= 15 is 0 Å². The molecule has 29 heavy (non-hydrogen) atoms. The Morgan fingerprint density at radius 2 is 2.03 bits per heavy atom. The number of rotatable bonds is 3. The Morgan fingerprint density at radius 3 is 2.83 bits per heavy atom. The summed E-state index contributed by atoms with van der Waals surface area (Å²) in [6, 6.07) is 7.92. The van der Waals surface area contributed by atoms with Crippen LogP contribution in [0, 0.1) is 11.8 Å². The molecular formula is C22H26N4O3. The van der Waals surface area contributed by atoms with Crippen LogP contribution in [0.1, 0.15) is 36.0 Å². The Kier molecular flexibility index (Phi) is 4.53. The van der Waals surface area contributed by atoms with Gasteiger partial charge in [-0.15, -0.1) is 0 Å². The maximum absolute atomic E-state index is 13.4. The predicted octanol–water partition coefficient (Wildman–Crippen LogP) is 2.56. The molecule has 3 atom stereocenters. The molecule has 2 bridgehead atoms. The predicted molar refractivity (Wildman–Crippen MR) is 107 cm³/mol. The van der Waals surface area contributed by atoms with Crippen molar-refractivity contribution in [2.75, 3.05) is 26.7 Å². The lowest BCUT2D eigenvalue weighted by Gasteiger charge is -2.52. The van der Waals surface area contributed by atoms with E-state index in [-0.39, 0.29) is 5.91 Å². The van der Waals surface area contributed by atoms with Gasteiger partial charge in [-0.05, 0) is 55.4 Å². The van der Waals surface area contributed by atoms with Gasteiger partial charge in [-0.3, -0.25) is 14.7 Å². The highest BCUT2D eigenvalue weighted by atomic mass is 16.5. The molecule has 1 aromatic carbocycles. The summed E-state index contributed by atoms with van der Waals surface area (Å²) in [7, 11) is 1.63. The fourth-order valence-electron chi connectivity index (χ4n) is 5.37. The van der Waals surface area contributed by atoms with E-state index in [1.54, 1.807) is 13.3 Å². The van der Waals surface area contributed by atoms with Gasteiger partial charge >= 0.3 is 0 Å². The molecule has 3 aliphatic rings. The standard InChI is InChI=1S/C22H26N4O3/c1-29-17-7-5-15(6-8-17)21-18(10-23-24-21)22(28)25-11-14-9-16(13-25)19-3-2-4-20(27)26(19)12-14/h5-8,10,14,16,19H,2-4,9,11-13H2,1H3,(H,23,24)/t14-,16-,19+/m0/s1.